The van der Waals surface area contributed by atoms with E-state index in [-0.39, 0.29) is 5.97 Å². The number of hydrogen-bond donors (Lipinski definition) is 0. The van der Waals surface area contributed by atoms with Crippen LogP contribution in [0.4, 0.5) is 0 Å². The molecule has 0 amide bonds. The first kappa shape index (κ1) is 23.4. The number of likely N-dealkylation sites (N-methyl/N-ethyl adjacent to an activating group) is 1. The lowest BCUT2D eigenvalue weighted by atomic mass is 10.1. The van der Waals surface area contributed by atoms with Gasteiger partial charge in [0.25, 0.3) is 0 Å². The van der Waals surface area contributed by atoms with Crippen LogP contribution in [-0.4, -0.2) is 51.3 Å². The quantitative estimate of drug-likeness (QED) is 0.264. The Balaban J connectivity index is 3.23. The Hall–Kier alpha value is -0.610. The Morgan fingerprint density at radius 3 is 1.83 bits per heavy atom. The molecular weight excluding hydrogens is 302 g/mol. The normalized spacial score (nSPS) is 11.2. The Morgan fingerprint density at radius 1 is 0.792 bits per heavy atom. The SMILES string of the molecule is CCCCCCCCCCCCCC(=O)OCCN(C)CCOC. The fourth-order valence-electron chi connectivity index (χ4n) is 2.68. The van der Waals surface area contributed by atoms with Crippen molar-refractivity contribution in [2.45, 2.75) is 84.0 Å². The molecule has 0 N–H and O–H groups in total. The predicted octanol–water partition coefficient (Wildman–Crippen LogP) is 4.81. The summed E-state index contributed by atoms with van der Waals surface area (Å²) >= 11 is 0. The molecule has 0 radical (unpaired) electrons. The molecule has 0 fully saturated rings. The third-order valence-corrected chi connectivity index (χ3v) is 4.40. The number of carbonyl (C=O) groups is 1. The maximum Gasteiger partial charge on any atom is 0.305 e. The summed E-state index contributed by atoms with van der Waals surface area (Å²) in [5.74, 6) is -0.0499. The average Bonchev–Trinajstić information content (AvgIpc) is 2.57. The summed E-state index contributed by atoms with van der Waals surface area (Å²) in [4.78, 5) is 13.7. The number of nitrogens with zero attached hydrogens (tertiary/aromatic N) is 1. The van der Waals surface area contributed by atoms with Crippen LogP contribution < -0.4 is 0 Å². The molecule has 4 nitrogen and oxygen atoms in total. The highest BCUT2D eigenvalue weighted by Crippen LogP contribution is 2.12. The van der Waals surface area contributed by atoms with Gasteiger partial charge in [0.2, 0.25) is 0 Å². The van der Waals surface area contributed by atoms with E-state index in [9.17, 15) is 4.79 Å². The second kappa shape index (κ2) is 18.7. The number of rotatable bonds is 18. The van der Waals surface area contributed by atoms with Crippen molar-refractivity contribution in [1.29, 1.82) is 0 Å². The molecule has 4 heteroatoms. The van der Waals surface area contributed by atoms with Crippen LogP contribution in [-0.2, 0) is 14.3 Å². The molecule has 24 heavy (non-hydrogen) atoms. The van der Waals surface area contributed by atoms with Gasteiger partial charge < -0.3 is 14.4 Å². The highest BCUT2D eigenvalue weighted by atomic mass is 16.5. The van der Waals surface area contributed by atoms with Gasteiger partial charge in [0.15, 0.2) is 0 Å². The molecule has 0 aliphatic rings. The molecular formula is C20H41NO3. The van der Waals surface area contributed by atoms with E-state index in [1.54, 1.807) is 7.11 Å². The van der Waals surface area contributed by atoms with Crippen molar-refractivity contribution in [1.82, 2.24) is 4.90 Å². The van der Waals surface area contributed by atoms with Gasteiger partial charge in [0.05, 0.1) is 6.61 Å². The van der Waals surface area contributed by atoms with Crippen molar-refractivity contribution in [3.8, 4) is 0 Å². The first-order chi connectivity index (χ1) is 11.7. The van der Waals surface area contributed by atoms with Crippen molar-refractivity contribution in [3.63, 3.8) is 0 Å². The van der Waals surface area contributed by atoms with Crippen molar-refractivity contribution >= 4 is 5.97 Å². The topological polar surface area (TPSA) is 38.8 Å². The fraction of sp³-hybridized carbons (Fsp3) is 0.950. The van der Waals surface area contributed by atoms with Crippen molar-refractivity contribution in [2.75, 3.05) is 40.5 Å². The standard InChI is InChI=1S/C20H41NO3/c1-4-5-6-7-8-9-10-11-12-13-14-15-20(22)24-19-17-21(2)16-18-23-3/h4-19H2,1-3H3. The van der Waals surface area contributed by atoms with Crippen molar-refractivity contribution in [3.05, 3.63) is 0 Å². The molecule has 0 aromatic heterocycles. The van der Waals surface area contributed by atoms with Crippen LogP contribution in [0.2, 0.25) is 0 Å². The van der Waals surface area contributed by atoms with Gasteiger partial charge in [-0.3, -0.25) is 4.79 Å². The average molecular weight is 344 g/mol. The lowest BCUT2D eigenvalue weighted by Crippen LogP contribution is -2.27. The van der Waals surface area contributed by atoms with Crippen LogP contribution in [0, 0.1) is 0 Å². The van der Waals surface area contributed by atoms with Crippen LogP contribution in [0.1, 0.15) is 84.0 Å². The molecule has 0 atom stereocenters. The molecule has 0 aliphatic carbocycles. The van der Waals surface area contributed by atoms with E-state index in [0.29, 0.717) is 19.6 Å². The number of esters is 1. The van der Waals surface area contributed by atoms with E-state index in [1.165, 1.54) is 57.8 Å². The zero-order chi connectivity index (χ0) is 17.9. The van der Waals surface area contributed by atoms with Crippen LogP contribution in [0.5, 0.6) is 0 Å². The monoisotopic (exact) mass is 343 g/mol. The molecule has 0 saturated heterocycles. The van der Waals surface area contributed by atoms with Crippen LogP contribution >= 0.6 is 0 Å². The summed E-state index contributed by atoms with van der Waals surface area (Å²) in [6.07, 6.45) is 14.9. The summed E-state index contributed by atoms with van der Waals surface area (Å²) in [7, 11) is 3.71. The smallest absolute Gasteiger partial charge is 0.305 e. The Labute approximate surface area is 150 Å². The zero-order valence-electron chi connectivity index (χ0n) is 16.5. The van der Waals surface area contributed by atoms with Crippen molar-refractivity contribution in [2.24, 2.45) is 0 Å². The lowest BCUT2D eigenvalue weighted by molar-refractivity contribution is -0.144. The third kappa shape index (κ3) is 17.7. The van der Waals surface area contributed by atoms with Gasteiger partial charge in [0.1, 0.15) is 6.61 Å². The second-order valence-corrected chi connectivity index (χ2v) is 6.80. The summed E-state index contributed by atoms with van der Waals surface area (Å²) in [6.45, 7) is 5.09. The minimum absolute atomic E-state index is 0.0499. The van der Waals surface area contributed by atoms with Gasteiger partial charge in [-0.15, -0.1) is 0 Å². The second-order valence-electron chi connectivity index (χ2n) is 6.80. The van der Waals surface area contributed by atoms with Gasteiger partial charge in [-0.1, -0.05) is 71.1 Å². The van der Waals surface area contributed by atoms with E-state index in [0.717, 1.165) is 25.9 Å². The van der Waals surface area contributed by atoms with E-state index in [1.807, 2.05) is 7.05 Å². The van der Waals surface area contributed by atoms with E-state index in [4.69, 9.17) is 9.47 Å². The van der Waals surface area contributed by atoms with Gasteiger partial charge in [0, 0.05) is 26.6 Å². The van der Waals surface area contributed by atoms with Crippen LogP contribution in [0.15, 0.2) is 0 Å². The van der Waals surface area contributed by atoms with Gasteiger partial charge in [-0.05, 0) is 13.5 Å². The molecule has 0 heterocycles. The maximum absolute atomic E-state index is 11.6. The number of ether oxygens (including phenoxy) is 2. The molecule has 0 spiro atoms. The van der Waals surface area contributed by atoms with Gasteiger partial charge >= 0.3 is 5.97 Å². The summed E-state index contributed by atoms with van der Waals surface area (Å²) in [6, 6.07) is 0. The lowest BCUT2D eigenvalue weighted by Gasteiger charge is -2.15. The van der Waals surface area contributed by atoms with E-state index in [2.05, 4.69) is 11.8 Å². The summed E-state index contributed by atoms with van der Waals surface area (Å²) in [5, 5.41) is 0. The maximum atomic E-state index is 11.6. The predicted molar refractivity (Wildman–Crippen MR) is 101 cm³/mol. The zero-order valence-corrected chi connectivity index (χ0v) is 16.5. The first-order valence-electron chi connectivity index (χ1n) is 10.0. The Morgan fingerprint density at radius 2 is 1.29 bits per heavy atom. The highest BCUT2D eigenvalue weighted by molar-refractivity contribution is 5.69. The Bertz CT molecular complexity index is 272. The summed E-state index contributed by atoms with van der Waals surface area (Å²) in [5.41, 5.74) is 0. The molecule has 0 aromatic carbocycles. The van der Waals surface area contributed by atoms with Crippen LogP contribution in [0.25, 0.3) is 0 Å². The Kier molecular flexibility index (Phi) is 18.2. The molecule has 0 aromatic rings. The number of unbranched alkanes of at least 4 members (excludes halogenated alkanes) is 10. The van der Waals surface area contributed by atoms with Crippen LogP contribution in [0.3, 0.4) is 0 Å². The molecule has 144 valence electrons. The molecule has 0 unspecified atom stereocenters. The fourth-order valence-corrected chi connectivity index (χ4v) is 2.68. The third-order valence-electron chi connectivity index (χ3n) is 4.40. The van der Waals surface area contributed by atoms with Crippen molar-refractivity contribution < 1.29 is 14.3 Å². The number of methoxy groups -OCH3 is 1. The highest BCUT2D eigenvalue weighted by Gasteiger charge is 2.04. The molecule has 0 aliphatic heterocycles. The minimum atomic E-state index is -0.0499. The molecule has 0 bridgehead atoms. The first-order valence-corrected chi connectivity index (χ1v) is 10.0. The largest absolute Gasteiger partial charge is 0.464 e. The van der Waals surface area contributed by atoms with E-state index < -0.39 is 0 Å². The summed E-state index contributed by atoms with van der Waals surface area (Å²) < 4.78 is 10.3. The number of carbonyl (C=O) groups excluding carboxylic acids is 1. The number of hydrogen-bond acceptors (Lipinski definition) is 4. The van der Waals surface area contributed by atoms with E-state index >= 15 is 0 Å². The molecule has 0 rings (SSSR count). The van der Waals surface area contributed by atoms with Gasteiger partial charge in [-0.25, -0.2) is 0 Å². The molecule has 0 saturated carbocycles. The van der Waals surface area contributed by atoms with Gasteiger partial charge in [-0.2, -0.15) is 0 Å². The minimum Gasteiger partial charge on any atom is -0.464 e.